The Balaban J connectivity index is 1.59. The van der Waals surface area contributed by atoms with Crippen LogP contribution in [0.2, 0.25) is 5.02 Å². The van der Waals surface area contributed by atoms with Gasteiger partial charge in [0.25, 0.3) is 5.91 Å². The molecule has 0 bridgehead atoms. The number of aliphatic hydroxyl groups excluding tert-OH is 1. The molecule has 2 atom stereocenters. The van der Waals surface area contributed by atoms with E-state index in [-0.39, 0.29) is 32.0 Å². The monoisotopic (exact) mass is 609 g/mol. The van der Waals surface area contributed by atoms with Crippen molar-refractivity contribution in [1.29, 1.82) is 0 Å². The molecule has 2 N–H and O–H groups in total. The molecule has 9 nitrogen and oxygen atoms in total. The molecule has 10 heteroatoms. The summed E-state index contributed by atoms with van der Waals surface area (Å²) in [6, 6.07) is 31.8. The van der Waals surface area contributed by atoms with E-state index in [1.54, 1.807) is 18.2 Å². The molecule has 44 heavy (non-hydrogen) atoms. The third-order valence-corrected chi connectivity index (χ3v) is 7.57. The molecule has 4 aromatic carbocycles. The van der Waals surface area contributed by atoms with Crippen LogP contribution < -0.4 is 10.1 Å². The van der Waals surface area contributed by atoms with Crippen molar-refractivity contribution in [3.05, 3.63) is 146 Å². The van der Waals surface area contributed by atoms with Gasteiger partial charge < -0.3 is 19.9 Å². The first kappa shape index (κ1) is 30.6. The van der Waals surface area contributed by atoms with Crippen LogP contribution in [0.4, 0.5) is 0 Å². The van der Waals surface area contributed by atoms with E-state index in [4.69, 9.17) is 36.7 Å². The van der Waals surface area contributed by atoms with Crippen molar-refractivity contribution >= 4 is 23.4 Å². The van der Waals surface area contributed by atoms with Crippen LogP contribution in [0.1, 0.15) is 40.3 Å². The highest BCUT2D eigenvalue weighted by Gasteiger charge is 2.53. The third-order valence-electron chi connectivity index (χ3n) is 7.33. The van der Waals surface area contributed by atoms with Crippen LogP contribution in [0.5, 0.6) is 5.75 Å². The summed E-state index contributed by atoms with van der Waals surface area (Å²) in [6.45, 7) is 0.777. The second kappa shape index (κ2) is 14.6. The summed E-state index contributed by atoms with van der Waals surface area (Å²) < 4.78 is 12.3. The zero-order valence-corrected chi connectivity index (χ0v) is 24.7. The number of aliphatic imine (C=N–C) groups is 1. The molecule has 0 saturated carbocycles. The van der Waals surface area contributed by atoms with Crippen molar-refractivity contribution in [1.82, 2.24) is 5.32 Å². The van der Waals surface area contributed by atoms with Crippen molar-refractivity contribution < 1.29 is 19.4 Å². The maximum atomic E-state index is 14.5. The average Bonchev–Trinajstić information content (AvgIpc) is 3.43. The topological polar surface area (TPSA) is 129 Å². The minimum absolute atomic E-state index is 0.0497. The van der Waals surface area contributed by atoms with Gasteiger partial charge in [-0.05, 0) is 64.2 Å². The fourth-order valence-electron chi connectivity index (χ4n) is 5.19. The van der Waals surface area contributed by atoms with Gasteiger partial charge in [0.05, 0.1) is 13.2 Å². The Hall–Kier alpha value is -4.82. The van der Waals surface area contributed by atoms with Crippen LogP contribution in [0.25, 0.3) is 10.4 Å². The molecule has 0 aliphatic carbocycles. The Kier molecular flexibility index (Phi) is 10.1. The fraction of sp³-hybridized carbons (Fsp3) is 0.235. The number of carbonyl (C=O) groups is 1. The maximum Gasteiger partial charge on any atom is 0.252 e. The van der Waals surface area contributed by atoms with Crippen molar-refractivity contribution in [2.24, 2.45) is 10.1 Å². The number of hydrogen-bond donors (Lipinski definition) is 2. The molecule has 4 aromatic rings. The van der Waals surface area contributed by atoms with Crippen LogP contribution in [0.3, 0.4) is 0 Å². The summed E-state index contributed by atoms with van der Waals surface area (Å²) in [5.74, 6) is 0.639. The van der Waals surface area contributed by atoms with Crippen molar-refractivity contribution in [2.75, 3.05) is 13.2 Å². The fourth-order valence-corrected chi connectivity index (χ4v) is 5.40. The van der Waals surface area contributed by atoms with Crippen LogP contribution in [-0.4, -0.2) is 35.7 Å². The zero-order chi connectivity index (χ0) is 30.8. The van der Waals surface area contributed by atoms with Crippen molar-refractivity contribution in [2.45, 2.75) is 37.6 Å². The van der Waals surface area contributed by atoms with Crippen LogP contribution in [-0.2, 0) is 29.0 Å². The predicted molar refractivity (Wildman–Crippen MR) is 169 cm³/mol. The molecule has 1 aliphatic heterocycles. The highest BCUT2D eigenvalue weighted by atomic mass is 35.5. The first-order valence-electron chi connectivity index (χ1n) is 14.3. The number of carbonyl (C=O) groups excluding carboxylic acids is 1. The van der Waals surface area contributed by atoms with Crippen LogP contribution in [0.15, 0.2) is 113 Å². The number of aliphatic hydroxyl groups is 1. The Morgan fingerprint density at radius 3 is 2.52 bits per heavy atom. The third kappa shape index (κ3) is 7.21. The first-order chi connectivity index (χ1) is 21.5. The first-order valence-corrected chi connectivity index (χ1v) is 14.7. The van der Waals surface area contributed by atoms with Gasteiger partial charge in [0.15, 0.2) is 11.6 Å². The van der Waals surface area contributed by atoms with Gasteiger partial charge in [-0.25, -0.2) is 4.99 Å². The average molecular weight is 610 g/mol. The molecule has 1 heterocycles. The number of rotatable bonds is 13. The molecule has 1 aliphatic rings. The van der Waals surface area contributed by atoms with Gasteiger partial charge in [0.1, 0.15) is 5.75 Å². The molecule has 0 radical (unpaired) electrons. The van der Waals surface area contributed by atoms with E-state index in [1.165, 1.54) is 0 Å². The Labute approximate surface area is 260 Å². The summed E-state index contributed by atoms with van der Waals surface area (Å²) in [5.41, 5.74) is 11.5. The quantitative estimate of drug-likeness (QED) is 0.0753. The number of amides is 1. The van der Waals surface area contributed by atoms with E-state index < -0.39 is 11.6 Å². The van der Waals surface area contributed by atoms with E-state index in [0.29, 0.717) is 40.8 Å². The number of nitrogens with zero attached hydrogens (tertiary/aromatic N) is 4. The van der Waals surface area contributed by atoms with Crippen LogP contribution >= 0.6 is 11.6 Å². The number of azide groups is 1. The number of ether oxygens (including phenoxy) is 2. The van der Waals surface area contributed by atoms with Crippen molar-refractivity contribution in [3.8, 4) is 5.75 Å². The molecule has 0 saturated heterocycles. The molecular weight excluding hydrogens is 578 g/mol. The van der Waals surface area contributed by atoms with E-state index >= 15 is 0 Å². The largest absolute Gasteiger partial charge is 0.494 e. The summed E-state index contributed by atoms with van der Waals surface area (Å²) in [6.07, 6.45) is -0.0507. The number of halogens is 1. The molecule has 1 amide bonds. The molecular formula is C34H32ClN5O4. The van der Waals surface area contributed by atoms with Gasteiger partial charge in [0, 0.05) is 41.5 Å². The van der Waals surface area contributed by atoms with Gasteiger partial charge in [-0.15, -0.1) is 0 Å². The van der Waals surface area contributed by atoms with E-state index in [2.05, 4.69) is 15.3 Å². The minimum Gasteiger partial charge on any atom is -0.494 e. The highest BCUT2D eigenvalue weighted by molar-refractivity contribution is 6.30. The Morgan fingerprint density at radius 2 is 1.77 bits per heavy atom. The summed E-state index contributed by atoms with van der Waals surface area (Å²) in [7, 11) is 0. The second-order valence-corrected chi connectivity index (χ2v) is 10.8. The van der Waals surface area contributed by atoms with E-state index in [9.17, 15) is 4.79 Å². The van der Waals surface area contributed by atoms with Gasteiger partial charge in [-0.1, -0.05) is 83.4 Å². The lowest BCUT2D eigenvalue weighted by molar-refractivity contribution is -0.129. The lowest BCUT2D eigenvalue weighted by Gasteiger charge is -2.32. The van der Waals surface area contributed by atoms with Gasteiger partial charge in [0.2, 0.25) is 5.90 Å². The molecule has 0 fully saturated rings. The molecule has 0 unspecified atom stereocenters. The smallest absolute Gasteiger partial charge is 0.252 e. The minimum atomic E-state index is -1.40. The van der Waals surface area contributed by atoms with E-state index in [1.807, 2.05) is 84.9 Å². The Bertz CT molecular complexity index is 1660. The zero-order valence-electron chi connectivity index (χ0n) is 24.0. The van der Waals surface area contributed by atoms with Gasteiger partial charge >= 0.3 is 0 Å². The number of benzene rings is 4. The van der Waals surface area contributed by atoms with Gasteiger partial charge in [-0.3, -0.25) is 4.79 Å². The maximum absolute atomic E-state index is 14.5. The molecule has 0 aromatic heterocycles. The van der Waals surface area contributed by atoms with E-state index in [0.717, 1.165) is 16.7 Å². The van der Waals surface area contributed by atoms with Crippen LogP contribution in [0, 0.1) is 0 Å². The SMILES string of the molecule is [N-]=[N+]=NCc1ccccc1[C@H]1OC(c2ccc(OCCCO)cc2)=N[C@@]1(Cc1ccccc1)C(=O)NCc1cccc(Cl)c1. The summed E-state index contributed by atoms with van der Waals surface area (Å²) in [4.78, 5) is 22.5. The molecule has 224 valence electrons. The second-order valence-electron chi connectivity index (χ2n) is 10.4. The predicted octanol–water partition coefficient (Wildman–Crippen LogP) is 6.73. The lowest BCUT2D eigenvalue weighted by atomic mass is 9.80. The number of nitrogens with one attached hydrogen (secondary N) is 1. The Morgan fingerprint density at radius 1 is 1.02 bits per heavy atom. The lowest BCUT2D eigenvalue weighted by Crippen LogP contribution is -2.49. The summed E-state index contributed by atoms with van der Waals surface area (Å²) >= 11 is 6.21. The molecule has 0 spiro atoms. The number of hydrogen-bond acceptors (Lipinski definition) is 6. The normalized spacial score (nSPS) is 17.2. The van der Waals surface area contributed by atoms with Crippen molar-refractivity contribution in [3.63, 3.8) is 0 Å². The highest BCUT2D eigenvalue weighted by Crippen LogP contribution is 2.44. The van der Waals surface area contributed by atoms with Gasteiger partial charge in [-0.2, -0.15) is 0 Å². The standard InChI is InChI=1S/C34H32ClN5O4/c35-28-12-6-10-25(20-28)22-37-33(42)34(21-24-8-2-1-3-9-24)31(30-13-5-4-11-27(30)23-38-40-36)44-32(39-34)26-14-16-29(17-15-26)43-19-7-18-41/h1-6,8-17,20,31,41H,7,18-19,21-23H2,(H,37,42)/t31-,34-/m1/s1. The molecule has 5 rings (SSSR count). The summed E-state index contributed by atoms with van der Waals surface area (Å²) in [5, 5.41) is 16.5.